The van der Waals surface area contributed by atoms with Crippen molar-refractivity contribution in [3.8, 4) is 0 Å². The van der Waals surface area contributed by atoms with Crippen molar-refractivity contribution in [2.24, 2.45) is 5.11 Å². The highest BCUT2D eigenvalue weighted by molar-refractivity contribution is 7.66. The van der Waals surface area contributed by atoms with Gasteiger partial charge in [-0.3, -0.25) is 9.09 Å². The topological polar surface area (TPSA) is 313 Å². The zero-order valence-electron chi connectivity index (χ0n) is 16.0. The van der Waals surface area contributed by atoms with Crippen LogP contribution < -0.4 is 11.5 Å². The smallest absolute Gasteiger partial charge is 0.382 e. The summed E-state index contributed by atoms with van der Waals surface area (Å²) in [6, 6.07) is -0.957. The largest absolute Gasteiger partial charge is 0.490 e. The van der Waals surface area contributed by atoms with Crippen LogP contribution in [0.5, 0.6) is 0 Å². The molecule has 3 heterocycles. The molecule has 2 aromatic heterocycles. The van der Waals surface area contributed by atoms with E-state index in [0.717, 1.165) is 0 Å². The molecule has 2 unspecified atom stereocenters. The maximum Gasteiger partial charge on any atom is 0.490 e. The molecule has 2 aromatic rings. The van der Waals surface area contributed by atoms with Crippen molar-refractivity contribution >= 4 is 46.4 Å². The highest BCUT2D eigenvalue weighted by Gasteiger charge is 2.43. The van der Waals surface area contributed by atoms with Crippen molar-refractivity contribution in [1.29, 1.82) is 0 Å². The number of nitrogen functional groups attached to an aromatic ring is 2. The first-order valence-corrected chi connectivity index (χ1v) is 13.0. The number of nitrogens with two attached hydrogens (primary N) is 2. The third kappa shape index (κ3) is 6.45. The standard InChI is InChI=1S/C10H16N9O11P3/c11-8-7-9(16-10(12)15-8)19(3-14-7)6-1-4(17-18-13)5(28-6)2-27-32(23,24)30-33(25,26)29-31(20,21)22/h3-6H,1-2H2,(H,23,24)(H,25,26)(H2,20,21,22)(H4,11,12,15,16)/t4-,5+,6+/m0/s1. The van der Waals surface area contributed by atoms with Gasteiger partial charge in [-0.15, -0.1) is 0 Å². The number of phosphoric ester groups is 1. The molecule has 0 saturated carbocycles. The summed E-state index contributed by atoms with van der Waals surface area (Å²) in [7, 11) is -16.6. The van der Waals surface area contributed by atoms with Crippen LogP contribution in [-0.4, -0.2) is 57.8 Å². The van der Waals surface area contributed by atoms with Gasteiger partial charge in [0, 0.05) is 11.3 Å². The maximum absolute atomic E-state index is 11.9. The van der Waals surface area contributed by atoms with Gasteiger partial charge in [0.2, 0.25) is 5.95 Å². The number of aromatic nitrogens is 4. The molecule has 23 heteroatoms. The average Bonchev–Trinajstić information content (AvgIpc) is 3.21. The first-order valence-electron chi connectivity index (χ1n) is 8.43. The number of hydrogen-bond acceptors (Lipinski definition) is 13. The minimum atomic E-state index is -5.69. The molecule has 0 amide bonds. The lowest BCUT2D eigenvalue weighted by Crippen LogP contribution is -2.24. The number of anilines is 2. The minimum Gasteiger partial charge on any atom is -0.382 e. The van der Waals surface area contributed by atoms with E-state index in [1.54, 1.807) is 0 Å². The molecule has 8 N–H and O–H groups in total. The van der Waals surface area contributed by atoms with Crippen LogP contribution >= 0.6 is 23.5 Å². The van der Waals surface area contributed by atoms with Crippen LogP contribution in [0.4, 0.5) is 11.8 Å². The van der Waals surface area contributed by atoms with E-state index < -0.39 is 48.4 Å². The van der Waals surface area contributed by atoms with Crippen LogP contribution in [0.15, 0.2) is 11.4 Å². The fraction of sp³-hybridized carbons (Fsp3) is 0.500. The normalized spacial score (nSPS) is 24.8. The second-order valence-corrected chi connectivity index (χ2v) is 10.7. The molecule has 3 rings (SSSR count). The van der Waals surface area contributed by atoms with Gasteiger partial charge >= 0.3 is 23.5 Å². The summed E-state index contributed by atoms with van der Waals surface area (Å²) in [4.78, 5) is 50.4. The third-order valence-corrected chi connectivity index (χ3v) is 7.80. The second-order valence-electron chi connectivity index (χ2n) is 6.32. The van der Waals surface area contributed by atoms with Gasteiger partial charge in [-0.1, -0.05) is 5.11 Å². The Morgan fingerprint density at radius 2 is 1.91 bits per heavy atom. The molecule has 182 valence electrons. The van der Waals surface area contributed by atoms with Crippen molar-refractivity contribution in [2.75, 3.05) is 18.1 Å². The van der Waals surface area contributed by atoms with Crippen LogP contribution in [-0.2, 0) is 31.6 Å². The molecule has 1 saturated heterocycles. The third-order valence-electron chi connectivity index (χ3n) is 4.00. The first kappa shape index (κ1) is 25.5. The van der Waals surface area contributed by atoms with E-state index in [-0.39, 0.29) is 29.4 Å². The van der Waals surface area contributed by atoms with Crippen molar-refractivity contribution in [3.05, 3.63) is 16.8 Å². The molecule has 0 spiro atoms. The average molecular weight is 531 g/mol. The molecule has 0 aromatic carbocycles. The molecule has 0 bridgehead atoms. The molecule has 33 heavy (non-hydrogen) atoms. The van der Waals surface area contributed by atoms with Crippen LogP contribution in [0.25, 0.3) is 21.6 Å². The Labute approximate surface area is 182 Å². The van der Waals surface area contributed by atoms with E-state index in [0.29, 0.717) is 0 Å². The number of ether oxygens (including phenoxy) is 1. The Hall–Kier alpha value is -2.17. The fourth-order valence-corrected chi connectivity index (χ4v) is 5.89. The van der Waals surface area contributed by atoms with Crippen LogP contribution in [0.2, 0.25) is 0 Å². The number of phosphoric acid groups is 3. The van der Waals surface area contributed by atoms with Gasteiger partial charge in [0.1, 0.15) is 11.7 Å². The zero-order chi connectivity index (χ0) is 24.6. The Morgan fingerprint density at radius 3 is 2.55 bits per heavy atom. The van der Waals surface area contributed by atoms with Gasteiger partial charge in [0.25, 0.3) is 0 Å². The maximum atomic E-state index is 11.9. The number of hydrogen-bond donors (Lipinski definition) is 6. The SMILES string of the molecule is [N-]=[N+]=N[C@H]1C[C@H](n2cnc3c(N)nc(N)nc32)O[C@@H]1COP(=O)(O)OP(=O)(O)OP(=O)(O)O. The predicted molar refractivity (Wildman–Crippen MR) is 105 cm³/mol. The van der Waals surface area contributed by atoms with E-state index >= 15 is 0 Å². The summed E-state index contributed by atoms with van der Waals surface area (Å²) < 4.78 is 52.9. The van der Waals surface area contributed by atoms with E-state index in [1.807, 2.05) is 0 Å². The lowest BCUT2D eigenvalue weighted by Gasteiger charge is -2.19. The van der Waals surface area contributed by atoms with Crippen molar-refractivity contribution in [1.82, 2.24) is 19.5 Å². The summed E-state index contributed by atoms with van der Waals surface area (Å²) in [5.74, 6) is -0.138. The predicted octanol–water partition coefficient (Wildman–Crippen LogP) is 0.300. The lowest BCUT2D eigenvalue weighted by molar-refractivity contribution is -0.0230. The quantitative estimate of drug-likeness (QED) is 0.110. The van der Waals surface area contributed by atoms with Crippen LogP contribution in [0, 0.1) is 0 Å². The molecule has 20 nitrogen and oxygen atoms in total. The van der Waals surface area contributed by atoms with Gasteiger partial charge in [-0.2, -0.15) is 18.6 Å². The minimum absolute atomic E-state index is 0.00468. The van der Waals surface area contributed by atoms with Crippen LogP contribution in [0.3, 0.4) is 0 Å². The molecule has 0 aliphatic carbocycles. The van der Waals surface area contributed by atoms with Gasteiger partial charge in [0.15, 0.2) is 11.5 Å². The summed E-state index contributed by atoms with van der Waals surface area (Å²) in [6.07, 6.45) is -0.736. The first-order chi connectivity index (χ1) is 15.2. The lowest BCUT2D eigenvalue weighted by atomic mass is 10.1. The monoisotopic (exact) mass is 531 g/mol. The second kappa shape index (κ2) is 9.23. The van der Waals surface area contributed by atoms with Gasteiger partial charge in [-0.25, -0.2) is 18.7 Å². The van der Waals surface area contributed by atoms with Crippen molar-refractivity contribution in [3.63, 3.8) is 0 Å². The Bertz CT molecular complexity index is 1240. The summed E-state index contributed by atoms with van der Waals surface area (Å²) in [5.41, 5.74) is 20.5. The molecule has 0 radical (unpaired) electrons. The van der Waals surface area contributed by atoms with E-state index in [2.05, 4.69) is 38.1 Å². The highest BCUT2D eigenvalue weighted by atomic mass is 31.3. The van der Waals surface area contributed by atoms with Gasteiger partial charge in [-0.05, 0) is 5.53 Å². The molecule has 1 aliphatic heterocycles. The van der Waals surface area contributed by atoms with E-state index in [1.165, 1.54) is 10.9 Å². The number of nitrogens with zero attached hydrogens (tertiary/aromatic N) is 7. The van der Waals surface area contributed by atoms with Crippen molar-refractivity contribution in [2.45, 2.75) is 24.8 Å². The van der Waals surface area contributed by atoms with Crippen LogP contribution in [0.1, 0.15) is 12.6 Å². The Morgan fingerprint density at radius 1 is 1.21 bits per heavy atom. The number of imidazole rings is 1. The Kier molecular flexibility index (Phi) is 7.12. The van der Waals surface area contributed by atoms with E-state index in [4.69, 9.17) is 31.5 Å². The molecule has 1 aliphatic rings. The van der Waals surface area contributed by atoms with Crippen molar-refractivity contribution < 1.29 is 51.2 Å². The highest BCUT2D eigenvalue weighted by Crippen LogP contribution is 2.66. The Balaban J connectivity index is 1.75. The number of azide groups is 1. The molecule has 5 atom stereocenters. The fourth-order valence-electron chi connectivity index (χ4n) is 2.86. The number of rotatable bonds is 9. The molecular weight excluding hydrogens is 515 g/mol. The van der Waals surface area contributed by atoms with Gasteiger partial charge in [0.05, 0.1) is 25.1 Å². The molecule has 1 fully saturated rings. The summed E-state index contributed by atoms with van der Waals surface area (Å²) >= 11 is 0. The summed E-state index contributed by atoms with van der Waals surface area (Å²) in [5, 5.41) is 3.52. The van der Waals surface area contributed by atoms with E-state index in [9.17, 15) is 23.5 Å². The summed E-state index contributed by atoms with van der Waals surface area (Å²) in [6.45, 7) is -0.810. The molecular formula is C10H16N9O11P3. The zero-order valence-corrected chi connectivity index (χ0v) is 18.7. The number of fused-ring (bicyclic) bond motifs is 1. The van der Waals surface area contributed by atoms with Gasteiger partial charge < -0.3 is 35.8 Å².